The number of allylic oxidation sites excluding steroid dienone is 1. The van der Waals surface area contributed by atoms with Gasteiger partial charge in [0.05, 0.1) is 6.61 Å². The molecule has 1 aromatic carbocycles. The van der Waals surface area contributed by atoms with Gasteiger partial charge in [-0.25, -0.2) is 14.8 Å². The molecule has 0 aliphatic carbocycles. The third kappa shape index (κ3) is 4.01. The summed E-state index contributed by atoms with van der Waals surface area (Å²) in [5.41, 5.74) is 6.56. The molecule has 31 heavy (non-hydrogen) atoms. The third-order valence-electron chi connectivity index (χ3n) is 4.42. The van der Waals surface area contributed by atoms with Gasteiger partial charge >= 0.3 is 5.97 Å². The van der Waals surface area contributed by atoms with Crippen LogP contribution in [0.4, 0.5) is 11.7 Å². The van der Waals surface area contributed by atoms with E-state index in [1.807, 2.05) is 6.07 Å². The van der Waals surface area contributed by atoms with Crippen LogP contribution in [0.2, 0.25) is 0 Å². The number of ether oxygens (including phenoxy) is 1. The first-order chi connectivity index (χ1) is 15.1. The highest BCUT2D eigenvalue weighted by Crippen LogP contribution is 2.38. The number of carbonyl (C=O) groups excluding carboxylic acids is 2. The molecule has 0 spiro atoms. The molecule has 4 rings (SSSR count). The second kappa shape index (κ2) is 8.54. The zero-order valence-corrected chi connectivity index (χ0v) is 16.5. The summed E-state index contributed by atoms with van der Waals surface area (Å²) in [7, 11) is 0. The molecule has 0 fully saturated rings. The summed E-state index contributed by atoms with van der Waals surface area (Å²) in [6.07, 6.45) is 4.73. The van der Waals surface area contributed by atoms with Crippen molar-refractivity contribution in [2.45, 2.75) is 6.92 Å². The van der Waals surface area contributed by atoms with E-state index in [0.29, 0.717) is 17.0 Å². The standard InChI is InChI=1S/C22H18N4O5/c1-2-30-22(29)17-18(27)16(11-14-12-24-19-15(14)9-6-10-23-19)31-21(17)26-25-20(28)13-7-4-3-5-8-13/h3-12,26-27H,2H2,1H3,(H,25,28). The lowest BCUT2D eigenvalue weighted by Gasteiger charge is -2.07. The summed E-state index contributed by atoms with van der Waals surface area (Å²) in [6.45, 7) is 1.74. The van der Waals surface area contributed by atoms with Crippen LogP contribution in [-0.2, 0) is 4.74 Å². The molecule has 3 heterocycles. The fourth-order valence-electron chi connectivity index (χ4n) is 2.98. The van der Waals surface area contributed by atoms with E-state index in [4.69, 9.17) is 9.15 Å². The Hall–Kier alpha value is -4.40. The van der Waals surface area contributed by atoms with Crippen molar-refractivity contribution in [3.63, 3.8) is 0 Å². The summed E-state index contributed by atoms with van der Waals surface area (Å²) in [4.78, 5) is 33.1. The van der Waals surface area contributed by atoms with Gasteiger partial charge in [-0.05, 0) is 37.3 Å². The summed E-state index contributed by atoms with van der Waals surface area (Å²) in [6, 6.07) is 12.1. The summed E-state index contributed by atoms with van der Waals surface area (Å²) < 4.78 is 10.7. The second-order valence-corrected chi connectivity index (χ2v) is 6.42. The van der Waals surface area contributed by atoms with Crippen LogP contribution in [0.15, 0.2) is 58.1 Å². The van der Waals surface area contributed by atoms with Crippen molar-refractivity contribution in [2.75, 3.05) is 12.0 Å². The second-order valence-electron chi connectivity index (χ2n) is 6.42. The van der Waals surface area contributed by atoms with Gasteiger partial charge in [-0.2, -0.15) is 0 Å². The number of aromatic nitrogens is 1. The normalized spacial score (nSPS) is 13.1. The highest BCUT2D eigenvalue weighted by Gasteiger charge is 2.27. The number of rotatable bonds is 6. The van der Waals surface area contributed by atoms with Crippen molar-refractivity contribution in [2.24, 2.45) is 4.99 Å². The number of fused-ring (bicyclic) bond motifs is 1. The van der Waals surface area contributed by atoms with Crippen molar-refractivity contribution < 1.29 is 23.8 Å². The molecular formula is C22H18N4O5. The Morgan fingerprint density at radius 2 is 2.00 bits per heavy atom. The molecule has 1 aliphatic rings. The number of aromatic hydroxyl groups is 1. The van der Waals surface area contributed by atoms with Gasteiger partial charge in [0.15, 0.2) is 22.9 Å². The number of amides is 1. The van der Waals surface area contributed by atoms with Gasteiger partial charge in [0.1, 0.15) is 0 Å². The summed E-state index contributed by atoms with van der Waals surface area (Å²) >= 11 is 0. The zero-order valence-electron chi connectivity index (χ0n) is 16.5. The van der Waals surface area contributed by atoms with Crippen LogP contribution in [0.5, 0.6) is 5.75 Å². The fourth-order valence-corrected chi connectivity index (χ4v) is 2.98. The number of nitrogens with zero attached hydrogens (tertiary/aromatic N) is 2. The number of nitrogens with one attached hydrogen (secondary N) is 2. The summed E-state index contributed by atoms with van der Waals surface area (Å²) in [5, 5.41) is 10.6. The lowest BCUT2D eigenvalue weighted by molar-refractivity contribution is 0.0523. The Balaban J connectivity index is 1.65. The number of aliphatic imine (C=N–C) groups is 1. The molecule has 156 valence electrons. The number of furan rings is 1. The highest BCUT2D eigenvalue weighted by atomic mass is 16.5. The number of benzene rings is 1. The lowest BCUT2D eigenvalue weighted by Crippen LogP contribution is -2.29. The molecule has 0 atom stereocenters. The number of pyridine rings is 1. The predicted octanol–water partition coefficient (Wildman–Crippen LogP) is 3.57. The topological polar surface area (TPSA) is 126 Å². The van der Waals surface area contributed by atoms with Crippen molar-refractivity contribution in [1.29, 1.82) is 0 Å². The van der Waals surface area contributed by atoms with E-state index in [0.717, 1.165) is 5.56 Å². The van der Waals surface area contributed by atoms with Crippen LogP contribution in [0.25, 0.3) is 11.6 Å². The maximum Gasteiger partial charge on any atom is 0.347 e. The quantitative estimate of drug-likeness (QED) is 0.413. The Kier molecular flexibility index (Phi) is 5.48. The van der Waals surface area contributed by atoms with Crippen LogP contribution in [0.3, 0.4) is 0 Å². The first-order valence-corrected chi connectivity index (χ1v) is 9.44. The van der Waals surface area contributed by atoms with E-state index < -0.39 is 17.6 Å². The molecule has 3 N–H and O–H groups in total. The maximum atomic E-state index is 12.4. The Bertz CT molecular complexity index is 1200. The van der Waals surface area contributed by atoms with Gasteiger partial charge in [0.25, 0.3) is 5.91 Å². The van der Waals surface area contributed by atoms with E-state index >= 15 is 0 Å². The first-order valence-electron chi connectivity index (χ1n) is 9.44. The van der Waals surface area contributed by atoms with Gasteiger partial charge in [0, 0.05) is 29.1 Å². The van der Waals surface area contributed by atoms with E-state index in [1.54, 1.807) is 55.7 Å². The van der Waals surface area contributed by atoms with Crippen molar-refractivity contribution in [3.05, 3.63) is 71.1 Å². The van der Waals surface area contributed by atoms with Gasteiger partial charge in [-0.3, -0.25) is 15.6 Å². The van der Waals surface area contributed by atoms with Crippen LogP contribution >= 0.6 is 0 Å². The molecule has 2 aromatic heterocycles. The molecular weight excluding hydrogens is 400 g/mol. The smallest absolute Gasteiger partial charge is 0.347 e. The molecule has 1 aliphatic heterocycles. The molecule has 9 nitrogen and oxygen atoms in total. The number of hydrogen-bond donors (Lipinski definition) is 3. The number of anilines is 1. The number of carbonyl (C=O) groups is 2. The van der Waals surface area contributed by atoms with Crippen molar-refractivity contribution >= 4 is 41.4 Å². The van der Waals surface area contributed by atoms with Gasteiger partial charge in [-0.1, -0.05) is 18.2 Å². The third-order valence-corrected chi connectivity index (χ3v) is 4.42. The number of hydrogen-bond acceptors (Lipinski definition) is 8. The van der Waals surface area contributed by atoms with E-state index in [2.05, 4.69) is 20.8 Å². The average Bonchev–Trinajstić information content (AvgIpc) is 3.34. The minimum Gasteiger partial charge on any atom is -0.504 e. The minimum atomic E-state index is -0.799. The number of esters is 1. The molecule has 0 saturated heterocycles. The molecule has 9 heteroatoms. The Morgan fingerprint density at radius 1 is 1.19 bits per heavy atom. The first kappa shape index (κ1) is 19.9. The van der Waals surface area contributed by atoms with Crippen LogP contribution < -0.4 is 10.9 Å². The van der Waals surface area contributed by atoms with Crippen LogP contribution in [-0.4, -0.2) is 34.8 Å². The molecule has 1 amide bonds. The number of hydrazine groups is 1. The van der Waals surface area contributed by atoms with E-state index in [1.165, 1.54) is 6.08 Å². The van der Waals surface area contributed by atoms with Gasteiger partial charge in [0.2, 0.25) is 5.88 Å². The SMILES string of the molecule is CCOC(=O)c1c(NNC(=O)c2ccccc2)oc(C=C2C=Nc3ncccc32)c1O. The molecule has 3 aromatic rings. The molecule has 0 radical (unpaired) electrons. The minimum absolute atomic E-state index is 0.00216. The van der Waals surface area contributed by atoms with E-state index in [9.17, 15) is 14.7 Å². The molecule has 0 unspecified atom stereocenters. The Morgan fingerprint density at radius 3 is 2.77 bits per heavy atom. The van der Waals surface area contributed by atoms with Gasteiger partial charge in [-0.15, -0.1) is 0 Å². The maximum absolute atomic E-state index is 12.4. The largest absolute Gasteiger partial charge is 0.504 e. The zero-order chi connectivity index (χ0) is 21.8. The monoisotopic (exact) mass is 418 g/mol. The van der Waals surface area contributed by atoms with Crippen LogP contribution in [0, 0.1) is 0 Å². The Labute approximate surface area is 177 Å². The fraction of sp³-hybridized carbons (Fsp3) is 0.0909. The van der Waals surface area contributed by atoms with E-state index in [-0.39, 0.29) is 23.8 Å². The van der Waals surface area contributed by atoms with Crippen LogP contribution in [0.1, 0.15) is 39.0 Å². The molecule has 0 saturated carbocycles. The average molecular weight is 418 g/mol. The molecule has 0 bridgehead atoms. The van der Waals surface area contributed by atoms with Crippen molar-refractivity contribution in [3.8, 4) is 5.75 Å². The highest BCUT2D eigenvalue weighted by molar-refractivity contribution is 6.21. The lowest BCUT2D eigenvalue weighted by atomic mass is 10.1. The summed E-state index contributed by atoms with van der Waals surface area (Å²) in [5.74, 6) is -1.29. The van der Waals surface area contributed by atoms with Crippen molar-refractivity contribution in [1.82, 2.24) is 10.4 Å². The predicted molar refractivity (Wildman–Crippen MR) is 114 cm³/mol. The van der Waals surface area contributed by atoms with Gasteiger partial charge < -0.3 is 14.3 Å².